The van der Waals surface area contributed by atoms with Crippen LogP contribution in [0, 0.1) is 0 Å². The molecule has 8 nitrogen and oxygen atoms in total. The second-order valence-electron chi connectivity index (χ2n) is 8.79. The number of carbonyl (C=O) groups excluding carboxylic acids is 3. The first-order chi connectivity index (χ1) is 17.0. The van der Waals surface area contributed by atoms with Gasteiger partial charge in [-0.3, -0.25) is 14.4 Å². The summed E-state index contributed by atoms with van der Waals surface area (Å²) in [5.74, 6) is -1.30. The van der Waals surface area contributed by atoms with Crippen LogP contribution in [0.15, 0.2) is 47.4 Å². The number of rotatable bonds is 10. The maximum Gasteiger partial charge on any atom is 0.269 e. The van der Waals surface area contributed by atoms with Crippen LogP contribution in [0.5, 0.6) is 0 Å². The van der Waals surface area contributed by atoms with Crippen molar-refractivity contribution in [3.63, 3.8) is 0 Å². The SMILES string of the molecule is CCC(C(=O)NC(C)C)N(Cc1c(Cl)cccc1Cl)C(=O)CCCN1C(=O)c2ccccc2S1(=O)=O. The van der Waals surface area contributed by atoms with Gasteiger partial charge in [-0.05, 0) is 51.0 Å². The lowest BCUT2D eigenvalue weighted by atomic mass is 10.1. The fraction of sp³-hybridized carbons (Fsp3) is 0.400. The number of amides is 3. The van der Waals surface area contributed by atoms with Crippen LogP contribution in [0.25, 0.3) is 0 Å². The van der Waals surface area contributed by atoms with E-state index in [1.807, 2.05) is 13.8 Å². The van der Waals surface area contributed by atoms with Gasteiger partial charge in [-0.15, -0.1) is 0 Å². The molecule has 1 atom stereocenters. The number of hydrogen-bond donors (Lipinski definition) is 1. The average molecular weight is 554 g/mol. The third-order valence-corrected chi connectivity index (χ3v) is 8.42. The van der Waals surface area contributed by atoms with E-state index in [0.717, 1.165) is 4.31 Å². The highest BCUT2D eigenvalue weighted by atomic mass is 35.5. The van der Waals surface area contributed by atoms with Gasteiger partial charge in [-0.1, -0.05) is 48.3 Å². The second kappa shape index (κ2) is 11.6. The molecule has 0 saturated heterocycles. The summed E-state index contributed by atoms with van der Waals surface area (Å²) in [5, 5.41) is 3.57. The van der Waals surface area contributed by atoms with Crippen LogP contribution in [0.4, 0.5) is 0 Å². The summed E-state index contributed by atoms with van der Waals surface area (Å²) in [6.45, 7) is 5.30. The zero-order valence-electron chi connectivity index (χ0n) is 20.3. The molecule has 0 saturated carbocycles. The van der Waals surface area contributed by atoms with Crippen molar-refractivity contribution >= 4 is 50.9 Å². The molecule has 194 valence electrons. The molecule has 36 heavy (non-hydrogen) atoms. The summed E-state index contributed by atoms with van der Waals surface area (Å²) < 4.78 is 26.4. The van der Waals surface area contributed by atoms with Crippen LogP contribution in [0.3, 0.4) is 0 Å². The predicted octanol–water partition coefficient (Wildman–Crippen LogP) is 4.25. The standard InChI is InChI=1S/C25H29Cl2N3O5S/c1-4-21(24(32)28-16(2)3)29(15-18-19(26)10-7-11-20(18)27)23(31)13-8-14-30-25(33)17-9-5-6-12-22(17)36(30,34)35/h5-7,9-12,16,21H,4,8,13-15H2,1-3H3,(H,28,32). The van der Waals surface area contributed by atoms with E-state index >= 15 is 0 Å². The molecule has 0 radical (unpaired) electrons. The Bertz CT molecular complexity index is 1250. The smallest absolute Gasteiger partial charge is 0.269 e. The van der Waals surface area contributed by atoms with Crippen molar-refractivity contribution in [2.75, 3.05) is 6.54 Å². The Morgan fingerprint density at radius 1 is 1.06 bits per heavy atom. The third-order valence-electron chi connectivity index (χ3n) is 5.87. The summed E-state index contributed by atoms with van der Waals surface area (Å²) in [5.41, 5.74) is 0.632. The lowest BCUT2D eigenvalue weighted by Gasteiger charge is -2.32. The van der Waals surface area contributed by atoms with E-state index in [-0.39, 0.29) is 54.2 Å². The fourth-order valence-electron chi connectivity index (χ4n) is 4.12. The first-order valence-corrected chi connectivity index (χ1v) is 13.9. The van der Waals surface area contributed by atoms with Crippen molar-refractivity contribution < 1.29 is 22.8 Å². The van der Waals surface area contributed by atoms with Gasteiger partial charge in [-0.2, -0.15) is 0 Å². The summed E-state index contributed by atoms with van der Waals surface area (Å²) in [4.78, 5) is 40.4. The summed E-state index contributed by atoms with van der Waals surface area (Å²) in [7, 11) is -3.96. The number of sulfonamides is 1. The van der Waals surface area contributed by atoms with Crippen LogP contribution >= 0.6 is 23.2 Å². The van der Waals surface area contributed by atoms with Gasteiger partial charge < -0.3 is 10.2 Å². The first-order valence-electron chi connectivity index (χ1n) is 11.7. The van der Waals surface area contributed by atoms with Crippen LogP contribution in [-0.2, 0) is 26.2 Å². The first kappa shape index (κ1) is 28.0. The molecule has 1 heterocycles. The zero-order chi connectivity index (χ0) is 26.6. The van der Waals surface area contributed by atoms with Crippen LogP contribution in [0.2, 0.25) is 10.0 Å². The molecule has 11 heteroatoms. The maximum atomic E-state index is 13.4. The molecule has 3 amide bonds. The van der Waals surface area contributed by atoms with Crippen molar-refractivity contribution in [1.29, 1.82) is 0 Å². The highest BCUT2D eigenvalue weighted by molar-refractivity contribution is 7.90. The largest absolute Gasteiger partial charge is 0.352 e. The Kier molecular flexibility index (Phi) is 9.03. The number of benzene rings is 2. The Hall–Kier alpha value is -2.62. The van der Waals surface area contributed by atoms with Crippen molar-refractivity contribution in [1.82, 2.24) is 14.5 Å². The number of fused-ring (bicyclic) bond motifs is 1. The van der Waals surface area contributed by atoms with Gasteiger partial charge in [0.05, 0.1) is 5.56 Å². The third kappa shape index (κ3) is 5.85. The van der Waals surface area contributed by atoms with Gasteiger partial charge in [0.25, 0.3) is 15.9 Å². The molecule has 2 aromatic carbocycles. The molecule has 0 bridgehead atoms. The summed E-state index contributed by atoms with van der Waals surface area (Å²) >= 11 is 12.7. The Balaban J connectivity index is 1.79. The minimum absolute atomic E-state index is 0.00769. The van der Waals surface area contributed by atoms with Crippen molar-refractivity contribution in [3.05, 3.63) is 63.6 Å². The monoisotopic (exact) mass is 553 g/mol. The van der Waals surface area contributed by atoms with Gasteiger partial charge in [0.2, 0.25) is 11.8 Å². The molecule has 1 aliphatic heterocycles. The van der Waals surface area contributed by atoms with Gasteiger partial charge in [-0.25, -0.2) is 12.7 Å². The number of carbonyl (C=O) groups is 3. The molecule has 3 rings (SSSR count). The topological polar surface area (TPSA) is 104 Å². The molecule has 1 unspecified atom stereocenters. The van der Waals surface area contributed by atoms with Gasteiger partial charge in [0.1, 0.15) is 10.9 Å². The molecule has 1 aliphatic rings. The van der Waals surface area contributed by atoms with Crippen molar-refractivity contribution in [3.8, 4) is 0 Å². The van der Waals surface area contributed by atoms with Crippen LogP contribution < -0.4 is 5.32 Å². The normalized spacial score (nSPS) is 15.1. The Morgan fingerprint density at radius 2 is 1.69 bits per heavy atom. The van der Waals surface area contributed by atoms with E-state index in [0.29, 0.717) is 22.0 Å². The Labute approximate surface area is 221 Å². The quantitative estimate of drug-likeness (QED) is 0.473. The van der Waals surface area contributed by atoms with Crippen molar-refractivity contribution in [2.45, 2.75) is 63.6 Å². The van der Waals surface area contributed by atoms with Gasteiger partial charge in [0, 0.05) is 41.2 Å². The van der Waals surface area contributed by atoms with Gasteiger partial charge >= 0.3 is 0 Å². The minimum atomic E-state index is -3.96. The number of nitrogens with one attached hydrogen (secondary N) is 1. The fourth-order valence-corrected chi connectivity index (χ4v) is 6.25. The average Bonchev–Trinajstić information content (AvgIpc) is 3.01. The molecular formula is C25H29Cl2N3O5S. The molecule has 0 fully saturated rings. The van der Waals surface area contributed by atoms with Gasteiger partial charge in [0.15, 0.2) is 0 Å². The van der Waals surface area contributed by atoms with E-state index in [1.165, 1.54) is 17.0 Å². The number of hydrogen-bond acceptors (Lipinski definition) is 5. The van der Waals surface area contributed by atoms with E-state index < -0.39 is 22.0 Å². The summed E-state index contributed by atoms with van der Waals surface area (Å²) in [6.07, 6.45) is 0.358. The lowest BCUT2D eigenvalue weighted by Crippen LogP contribution is -2.50. The highest BCUT2D eigenvalue weighted by Gasteiger charge is 2.40. The molecule has 0 aromatic heterocycles. The van der Waals surface area contributed by atoms with Crippen molar-refractivity contribution in [2.24, 2.45) is 0 Å². The lowest BCUT2D eigenvalue weighted by molar-refractivity contribution is -0.141. The molecule has 2 aromatic rings. The molecule has 0 aliphatic carbocycles. The molecule has 1 N–H and O–H groups in total. The van der Waals surface area contributed by atoms with E-state index in [1.54, 1.807) is 37.3 Å². The highest BCUT2D eigenvalue weighted by Crippen LogP contribution is 2.31. The van der Waals surface area contributed by atoms with E-state index in [2.05, 4.69) is 5.32 Å². The number of halogens is 2. The molecular weight excluding hydrogens is 525 g/mol. The zero-order valence-corrected chi connectivity index (χ0v) is 22.7. The second-order valence-corrected chi connectivity index (χ2v) is 11.4. The molecule has 0 spiro atoms. The van der Waals surface area contributed by atoms with E-state index in [4.69, 9.17) is 23.2 Å². The predicted molar refractivity (Wildman–Crippen MR) is 138 cm³/mol. The van der Waals surface area contributed by atoms with Crippen LogP contribution in [-0.4, -0.2) is 54.0 Å². The minimum Gasteiger partial charge on any atom is -0.352 e. The van der Waals surface area contributed by atoms with Crippen LogP contribution in [0.1, 0.15) is 56.0 Å². The number of nitrogens with zero attached hydrogens (tertiary/aromatic N) is 2. The maximum absolute atomic E-state index is 13.4. The van der Waals surface area contributed by atoms with E-state index in [9.17, 15) is 22.8 Å². The summed E-state index contributed by atoms with van der Waals surface area (Å²) in [6, 6.07) is 10.1. The Morgan fingerprint density at radius 3 is 2.28 bits per heavy atom.